The van der Waals surface area contributed by atoms with Gasteiger partial charge in [0.25, 0.3) is 0 Å². The van der Waals surface area contributed by atoms with Crippen LogP contribution < -0.4 is 0 Å². The Kier molecular flexibility index (Phi) is 3.78. The Morgan fingerprint density at radius 1 is 1.24 bits per heavy atom. The summed E-state index contributed by atoms with van der Waals surface area (Å²) in [5.41, 5.74) is 2.85. The van der Waals surface area contributed by atoms with Gasteiger partial charge in [-0.2, -0.15) is 5.26 Å². The Morgan fingerprint density at radius 3 is 2.47 bits per heavy atom. The molecule has 3 heteroatoms. The summed E-state index contributed by atoms with van der Waals surface area (Å²) in [5, 5.41) is 9.19. The maximum atomic E-state index is 9.19. The highest BCUT2D eigenvalue weighted by molar-refractivity contribution is 9.11. The van der Waals surface area contributed by atoms with Crippen molar-refractivity contribution in [3.8, 4) is 6.07 Å². The molecule has 0 saturated heterocycles. The molecule has 1 heterocycles. The molecule has 0 N–H and O–H groups in total. The highest BCUT2D eigenvalue weighted by Gasteiger charge is 2.02. The van der Waals surface area contributed by atoms with Gasteiger partial charge in [0.05, 0.1) is 15.4 Å². The summed E-state index contributed by atoms with van der Waals surface area (Å²) in [6, 6.07) is 14.2. The summed E-state index contributed by atoms with van der Waals surface area (Å²) in [7, 11) is 0. The zero-order valence-corrected chi connectivity index (χ0v) is 11.7. The van der Waals surface area contributed by atoms with Crippen molar-refractivity contribution in [3.05, 3.63) is 56.2 Å². The maximum Gasteiger partial charge on any atom is 0.0998 e. The van der Waals surface area contributed by atoms with Gasteiger partial charge in [-0.15, -0.1) is 11.3 Å². The molecule has 17 heavy (non-hydrogen) atoms. The minimum atomic E-state index is 0.694. The van der Waals surface area contributed by atoms with Gasteiger partial charge in [-0.25, -0.2) is 0 Å². The molecule has 2 rings (SSSR count). The third-order valence-corrected chi connectivity index (χ3v) is 3.93. The monoisotopic (exact) mass is 303 g/mol. The SMILES string of the molecule is Cc1ccc(/C(C#N)=C\c2ccc(Br)s2)cc1. The molecule has 0 amide bonds. The van der Waals surface area contributed by atoms with Crippen LogP contribution in [0, 0.1) is 18.3 Å². The highest BCUT2D eigenvalue weighted by Crippen LogP contribution is 2.26. The lowest BCUT2D eigenvalue weighted by atomic mass is 10.0. The van der Waals surface area contributed by atoms with E-state index in [9.17, 15) is 5.26 Å². The third kappa shape index (κ3) is 3.06. The van der Waals surface area contributed by atoms with Crippen LogP contribution in [-0.2, 0) is 0 Å². The minimum Gasteiger partial charge on any atom is -0.192 e. The molecule has 1 aromatic carbocycles. The Morgan fingerprint density at radius 2 is 1.94 bits per heavy atom. The van der Waals surface area contributed by atoms with Gasteiger partial charge in [-0.05, 0) is 46.6 Å². The quantitative estimate of drug-likeness (QED) is 0.725. The van der Waals surface area contributed by atoms with Gasteiger partial charge in [0, 0.05) is 4.88 Å². The lowest BCUT2D eigenvalue weighted by Gasteiger charge is -1.99. The predicted octanol–water partition coefficient (Wildman–Crippen LogP) is 4.88. The number of nitrogens with zero attached hydrogens (tertiary/aromatic N) is 1. The van der Waals surface area contributed by atoms with Crippen LogP contribution in [0.15, 0.2) is 40.2 Å². The van der Waals surface area contributed by atoms with Crippen molar-refractivity contribution in [3.63, 3.8) is 0 Å². The Balaban J connectivity index is 2.37. The first-order valence-electron chi connectivity index (χ1n) is 5.13. The number of hydrogen-bond acceptors (Lipinski definition) is 2. The molecule has 0 aliphatic carbocycles. The Labute approximate surface area is 113 Å². The zero-order chi connectivity index (χ0) is 12.3. The van der Waals surface area contributed by atoms with E-state index in [0.29, 0.717) is 5.57 Å². The van der Waals surface area contributed by atoms with E-state index in [1.54, 1.807) is 11.3 Å². The van der Waals surface area contributed by atoms with Crippen LogP contribution in [0.1, 0.15) is 16.0 Å². The van der Waals surface area contributed by atoms with Gasteiger partial charge >= 0.3 is 0 Å². The van der Waals surface area contributed by atoms with Gasteiger partial charge in [0.1, 0.15) is 0 Å². The summed E-state index contributed by atoms with van der Waals surface area (Å²) in [4.78, 5) is 1.08. The zero-order valence-electron chi connectivity index (χ0n) is 9.27. The Bertz CT molecular complexity index is 587. The van der Waals surface area contributed by atoms with Gasteiger partial charge in [-0.3, -0.25) is 0 Å². The van der Waals surface area contributed by atoms with Crippen molar-refractivity contribution in [1.29, 1.82) is 5.26 Å². The molecule has 0 aliphatic heterocycles. The van der Waals surface area contributed by atoms with Gasteiger partial charge in [-0.1, -0.05) is 29.8 Å². The number of benzene rings is 1. The number of allylic oxidation sites excluding steroid dienone is 1. The lowest BCUT2D eigenvalue weighted by Crippen LogP contribution is -1.81. The van der Waals surface area contributed by atoms with E-state index in [1.165, 1.54) is 5.56 Å². The molecule has 0 bridgehead atoms. The fourth-order valence-electron chi connectivity index (χ4n) is 1.46. The normalized spacial score (nSPS) is 11.2. The van der Waals surface area contributed by atoms with Crippen molar-refractivity contribution in [1.82, 2.24) is 0 Å². The Hall–Kier alpha value is -1.37. The van der Waals surface area contributed by atoms with Gasteiger partial charge in [0.2, 0.25) is 0 Å². The van der Waals surface area contributed by atoms with Crippen molar-refractivity contribution in [2.24, 2.45) is 0 Å². The largest absolute Gasteiger partial charge is 0.192 e. The summed E-state index contributed by atoms with van der Waals surface area (Å²) < 4.78 is 1.07. The summed E-state index contributed by atoms with van der Waals surface area (Å²) in [6.07, 6.45) is 1.92. The lowest BCUT2D eigenvalue weighted by molar-refractivity contribution is 1.45. The molecular formula is C14H10BrNS. The summed E-state index contributed by atoms with van der Waals surface area (Å²) in [5.74, 6) is 0. The fraction of sp³-hybridized carbons (Fsp3) is 0.0714. The van der Waals surface area contributed by atoms with Crippen molar-refractivity contribution in [2.75, 3.05) is 0 Å². The number of halogens is 1. The van der Waals surface area contributed by atoms with Crippen LogP contribution >= 0.6 is 27.3 Å². The first kappa shape index (κ1) is 12.1. The van der Waals surface area contributed by atoms with E-state index in [1.807, 2.05) is 49.4 Å². The van der Waals surface area contributed by atoms with Crippen molar-refractivity contribution < 1.29 is 0 Å². The van der Waals surface area contributed by atoms with Gasteiger partial charge in [0.15, 0.2) is 0 Å². The number of hydrogen-bond donors (Lipinski definition) is 0. The molecule has 1 aromatic heterocycles. The predicted molar refractivity (Wildman–Crippen MR) is 76.7 cm³/mol. The van der Waals surface area contributed by atoms with E-state index >= 15 is 0 Å². The van der Waals surface area contributed by atoms with E-state index in [2.05, 4.69) is 22.0 Å². The second kappa shape index (κ2) is 5.31. The number of nitriles is 1. The molecule has 0 unspecified atom stereocenters. The standard InChI is InChI=1S/C14H10BrNS/c1-10-2-4-11(5-3-10)12(9-16)8-13-6-7-14(15)17-13/h2-8H,1H3/b12-8-. The first-order chi connectivity index (χ1) is 8.19. The van der Waals surface area contributed by atoms with Crippen LogP contribution in [0.3, 0.4) is 0 Å². The molecule has 1 nitrogen and oxygen atoms in total. The minimum absolute atomic E-state index is 0.694. The third-order valence-electron chi connectivity index (χ3n) is 2.36. The molecular weight excluding hydrogens is 294 g/mol. The first-order valence-corrected chi connectivity index (χ1v) is 6.74. The fourth-order valence-corrected chi connectivity index (χ4v) is 2.83. The van der Waals surface area contributed by atoms with Crippen LogP contribution in [0.2, 0.25) is 0 Å². The van der Waals surface area contributed by atoms with Crippen LogP contribution in [0.25, 0.3) is 11.6 Å². The molecule has 0 spiro atoms. The molecule has 84 valence electrons. The van der Waals surface area contributed by atoms with Crippen molar-refractivity contribution >= 4 is 38.9 Å². The second-order valence-electron chi connectivity index (χ2n) is 3.68. The van der Waals surface area contributed by atoms with E-state index in [-0.39, 0.29) is 0 Å². The molecule has 2 aromatic rings. The number of thiophene rings is 1. The topological polar surface area (TPSA) is 23.8 Å². The molecule has 0 fully saturated rings. The average molecular weight is 304 g/mol. The van der Waals surface area contributed by atoms with E-state index < -0.39 is 0 Å². The number of rotatable bonds is 2. The smallest absolute Gasteiger partial charge is 0.0998 e. The van der Waals surface area contributed by atoms with E-state index in [4.69, 9.17) is 0 Å². The highest BCUT2D eigenvalue weighted by atomic mass is 79.9. The van der Waals surface area contributed by atoms with Crippen LogP contribution in [0.4, 0.5) is 0 Å². The summed E-state index contributed by atoms with van der Waals surface area (Å²) in [6.45, 7) is 2.04. The van der Waals surface area contributed by atoms with Crippen LogP contribution in [-0.4, -0.2) is 0 Å². The second-order valence-corrected chi connectivity index (χ2v) is 6.17. The van der Waals surface area contributed by atoms with Crippen LogP contribution in [0.5, 0.6) is 0 Å². The molecule has 0 radical (unpaired) electrons. The molecule has 0 aliphatic rings. The molecule has 0 saturated carbocycles. The van der Waals surface area contributed by atoms with E-state index in [0.717, 1.165) is 14.2 Å². The number of aryl methyl sites for hydroxylation is 1. The maximum absolute atomic E-state index is 9.19. The molecule has 0 atom stereocenters. The van der Waals surface area contributed by atoms with Crippen molar-refractivity contribution in [2.45, 2.75) is 6.92 Å². The average Bonchev–Trinajstić information content (AvgIpc) is 2.73. The van der Waals surface area contributed by atoms with Gasteiger partial charge < -0.3 is 0 Å². The summed E-state index contributed by atoms with van der Waals surface area (Å²) >= 11 is 5.03.